The van der Waals surface area contributed by atoms with Crippen LogP contribution in [0.4, 0.5) is 0 Å². The van der Waals surface area contributed by atoms with Gasteiger partial charge in [-0.05, 0) is 28.5 Å². The topological polar surface area (TPSA) is 85.6 Å². The quantitative estimate of drug-likeness (QED) is 0.396. The molecule has 5 rings (SSSR count). The highest BCUT2D eigenvalue weighted by Gasteiger charge is 2.41. The Morgan fingerprint density at radius 1 is 1.03 bits per heavy atom. The van der Waals surface area contributed by atoms with Crippen LogP contribution in [-0.4, -0.2) is 16.1 Å². The van der Waals surface area contributed by atoms with Crippen LogP contribution in [0.5, 0.6) is 5.88 Å². The number of rotatable bonds is 2. The van der Waals surface area contributed by atoms with Gasteiger partial charge in [-0.25, -0.2) is 0 Å². The third-order valence-corrected chi connectivity index (χ3v) is 6.15. The van der Waals surface area contributed by atoms with Crippen LogP contribution >= 0.6 is 23.2 Å². The van der Waals surface area contributed by atoms with Crippen LogP contribution in [0.15, 0.2) is 60.7 Å². The zero-order chi connectivity index (χ0) is 20.8. The lowest BCUT2D eigenvalue weighted by Gasteiger charge is -2.29. The number of nitrogens with one attached hydrogen (secondary N) is 2. The van der Waals surface area contributed by atoms with Gasteiger partial charge in [-0.15, -0.1) is 5.10 Å². The van der Waals surface area contributed by atoms with E-state index in [1.54, 1.807) is 12.1 Å². The molecule has 5 nitrogen and oxygen atoms in total. The van der Waals surface area contributed by atoms with Gasteiger partial charge in [0, 0.05) is 11.5 Å². The van der Waals surface area contributed by atoms with E-state index in [0.29, 0.717) is 21.6 Å². The van der Waals surface area contributed by atoms with E-state index in [2.05, 4.69) is 16.3 Å². The molecule has 0 bridgehead atoms. The van der Waals surface area contributed by atoms with Crippen molar-refractivity contribution in [2.75, 3.05) is 0 Å². The zero-order valence-corrected chi connectivity index (χ0v) is 17.0. The third kappa shape index (κ3) is 2.85. The molecular formula is C23H14Cl2N4O. The molecule has 7 heteroatoms. The minimum absolute atomic E-state index is 0.116. The van der Waals surface area contributed by atoms with Crippen molar-refractivity contribution in [2.45, 2.75) is 5.92 Å². The smallest absolute Gasteiger partial charge is 0.244 e. The molecule has 0 spiro atoms. The molecular weight excluding hydrogens is 419 g/mol. The summed E-state index contributed by atoms with van der Waals surface area (Å²) in [5.41, 5.74) is 3.13. The van der Waals surface area contributed by atoms with Gasteiger partial charge in [0.05, 0.1) is 27.4 Å². The van der Waals surface area contributed by atoms with Gasteiger partial charge < -0.3 is 4.74 Å². The summed E-state index contributed by atoms with van der Waals surface area (Å²) in [6.45, 7) is 0. The van der Waals surface area contributed by atoms with Crippen LogP contribution in [-0.2, 0) is 0 Å². The second kappa shape index (κ2) is 7.17. The van der Waals surface area contributed by atoms with Crippen molar-refractivity contribution in [1.29, 1.82) is 10.7 Å². The first-order chi connectivity index (χ1) is 14.6. The van der Waals surface area contributed by atoms with Gasteiger partial charge in [0.15, 0.2) is 0 Å². The molecule has 0 amide bonds. The Bertz CT molecular complexity index is 1350. The number of nitriles is 1. The maximum atomic E-state index is 9.93. The predicted octanol–water partition coefficient (Wildman–Crippen LogP) is 6.18. The maximum absolute atomic E-state index is 9.93. The van der Waals surface area contributed by atoms with Gasteiger partial charge in [-0.3, -0.25) is 10.5 Å². The van der Waals surface area contributed by atoms with Crippen LogP contribution in [0.1, 0.15) is 17.0 Å². The summed E-state index contributed by atoms with van der Waals surface area (Å²) in [5.74, 6) is -1.04. The molecule has 1 aliphatic rings. The number of hydrogen-bond acceptors (Lipinski definition) is 4. The largest absolute Gasteiger partial charge is 0.422 e. The van der Waals surface area contributed by atoms with Crippen LogP contribution in [0, 0.1) is 22.7 Å². The average molecular weight is 433 g/mol. The molecule has 4 aromatic rings. The number of benzene rings is 3. The average Bonchev–Trinajstić information content (AvgIpc) is 3.17. The van der Waals surface area contributed by atoms with Gasteiger partial charge in [0.1, 0.15) is 5.92 Å². The standard InChI is InChI=1S/C23H14Cl2N4O/c24-17-9-8-13(10-18(17)25)21-20-19(16(11-26)22(27)30-23(20)29-28-21)15-7-3-5-12-4-1-2-6-14(12)15/h1-10,16,19,27H,(H,28,29). The van der Waals surface area contributed by atoms with Crippen molar-refractivity contribution in [3.05, 3.63) is 81.8 Å². The Morgan fingerprint density at radius 3 is 2.63 bits per heavy atom. The van der Waals surface area contributed by atoms with Gasteiger partial charge in [0.25, 0.3) is 0 Å². The highest BCUT2D eigenvalue weighted by atomic mass is 35.5. The minimum Gasteiger partial charge on any atom is -0.422 e. The van der Waals surface area contributed by atoms with Crippen molar-refractivity contribution in [3.8, 4) is 23.2 Å². The second-order valence-electron chi connectivity index (χ2n) is 7.07. The summed E-state index contributed by atoms with van der Waals surface area (Å²) in [6, 6.07) is 21.5. The highest BCUT2D eigenvalue weighted by Crippen LogP contribution is 2.47. The molecule has 2 unspecified atom stereocenters. The van der Waals surface area contributed by atoms with Gasteiger partial charge in [-0.2, -0.15) is 5.26 Å². The number of halogens is 2. The molecule has 30 heavy (non-hydrogen) atoms. The van der Waals surface area contributed by atoms with Gasteiger partial charge in [-0.1, -0.05) is 71.7 Å². The molecule has 0 saturated heterocycles. The first-order valence-electron chi connectivity index (χ1n) is 9.25. The van der Waals surface area contributed by atoms with Gasteiger partial charge in [0.2, 0.25) is 11.8 Å². The van der Waals surface area contributed by atoms with Crippen molar-refractivity contribution in [2.24, 2.45) is 5.92 Å². The first-order valence-corrected chi connectivity index (χ1v) is 10.0. The molecule has 0 saturated carbocycles. The Labute approximate surface area is 182 Å². The Balaban J connectivity index is 1.79. The van der Waals surface area contributed by atoms with E-state index in [-0.39, 0.29) is 5.90 Å². The summed E-state index contributed by atoms with van der Waals surface area (Å²) in [6.07, 6.45) is 0. The Morgan fingerprint density at radius 2 is 1.83 bits per heavy atom. The van der Waals surface area contributed by atoms with Crippen LogP contribution < -0.4 is 4.74 Å². The van der Waals surface area contributed by atoms with E-state index in [4.69, 9.17) is 33.3 Å². The van der Waals surface area contributed by atoms with E-state index in [1.165, 1.54) is 0 Å². The second-order valence-corrected chi connectivity index (χ2v) is 7.88. The molecule has 2 heterocycles. The summed E-state index contributed by atoms with van der Waals surface area (Å²) in [5, 5.41) is 28.5. The van der Waals surface area contributed by atoms with Crippen molar-refractivity contribution >= 4 is 39.9 Å². The first kappa shape index (κ1) is 18.7. The van der Waals surface area contributed by atoms with Crippen LogP contribution in [0.3, 0.4) is 0 Å². The maximum Gasteiger partial charge on any atom is 0.244 e. The fraction of sp³-hybridized carbons (Fsp3) is 0.0870. The van der Waals surface area contributed by atoms with Crippen molar-refractivity contribution in [1.82, 2.24) is 10.2 Å². The van der Waals surface area contributed by atoms with E-state index in [1.807, 2.05) is 48.5 Å². The fourth-order valence-corrected chi connectivity index (χ4v) is 4.35. The van der Waals surface area contributed by atoms with Crippen molar-refractivity contribution in [3.63, 3.8) is 0 Å². The SMILES string of the molecule is N#CC1C(=N)Oc2n[nH]c(-c3ccc(Cl)c(Cl)c3)c2C1c1cccc2ccccc12. The van der Waals surface area contributed by atoms with E-state index < -0.39 is 11.8 Å². The summed E-state index contributed by atoms with van der Waals surface area (Å²) in [4.78, 5) is 0. The molecule has 1 aliphatic heterocycles. The zero-order valence-electron chi connectivity index (χ0n) is 15.5. The van der Waals surface area contributed by atoms with Crippen molar-refractivity contribution < 1.29 is 4.74 Å². The van der Waals surface area contributed by atoms with Gasteiger partial charge >= 0.3 is 0 Å². The monoisotopic (exact) mass is 432 g/mol. The molecule has 0 radical (unpaired) electrons. The van der Waals surface area contributed by atoms with E-state index in [0.717, 1.165) is 27.5 Å². The molecule has 1 aromatic heterocycles. The molecule has 0 aliphatic carbocycles. The number of H-pyrrole nitrogens is 1. The number of ether oxygens (including phenoxy) is 1. The summed E-state index contributed by atoms with van der Waals surface area (Å²) in [7, 11) is 0. The van der Waals surface area contributed by atoms with Crippen LogP contribution in [0.25, 0.3) is 22.0 Å². The number of hydrogen-bond donors (Lipinski definition) is 2. The number of aromatic nitrogens is 2. The molecule has 3 aromatic carbocycles. The summed E-state index contributed by atoms with van der Waals surface area (Å²) < 4.78 is 5.61. The lowest BCUT2D eigenvalue weighted by Crippen LogP contribution is -2.31. The fourth-order valence-electron chi connectivity index (χ4n) is 4.05. The Kier molecular flexibility index (Phi) is 4.47. The molecule has 2 atom stereocenters. The van der Waals surface area contributed by atoms with Crippen LogP contribution in [0.2, 0.25) is 10.0 Å². The predicted molar refractivity (Wildman–Crippen MR) is 117 cm³/mol. The minimum atomic E-state index is -0.789. The van der Waals surface area contributed by atoms with E-state index >= 15 is 0 Å². The van der Waals surface area contributed by atoms with E-state index in [9.17, 15) is 5.26 Å². The summed E-state index contributed by atoms with van der Waals surface area (Å²) >= 11 is 12.3. The third-order valence-electron chi connectivity index (χ3n) is 5.41. The molecule has 2 N–H and O–H groups in total. The normalized spacial score (nSPS) is 18.0. The number of aromatic amines is 1. The molecule has 146 valence electrons. The Hall–Kier alpha value is -3.33. The highest BCUT2D eigenvalue weighted by molar-refractivity contribution is 6.42. The number of fused-ring (bicyclic) bond motifs is 2. The lowest BCUT2D eigenvalue weighted by molar-refractivity contribution is 0.438. The lowest BCUT2D eigenvalue weighted by atomic mass is 9.77. The molecule has 0 fully saturated rings. The number of nitrogens with zero attached hydrogens (tertiary/aromatic N) is 2.